The Bertz CT molecular complexity index is 860. The summed E-state index contributed by atoms with van der Waals surface area (Å²) in [7, 11) is 0. The van der Waals surface area contributed by atoms with Crippen LogP contribution < -0.4 is 11.1 Å². The fraction of sp³-hybridized carbons (Fsp3) is 0.294. The lowest BCUT2D eigenvalue weighted by atomic mass is 10.2. The highest BCUT2D eigenvalue weighted by molar-refractivity contribution is 8.00. The molecule has 150 valence electrons. The van der Waals surface area contributed by atoms with Gasteiger partial charge in [0.25, 0.3) is 0 Å². The number of nitrogens with zero attached hydrogens (tertiary/aromatic N) is 2. The molecule has 0 aliphatic carbocycles. The Hall–Kier alpha value is -2.82. The molecule has 0 aliphatic heterocycles. The first-order chi connectivity index (χ1) is 13.1. The highest BCUT2D eigenvalue weighted by Crippen LogP contribution is 2.30. The van der Waals surface area contributed by atoms with Crippen LogP contribution in [0.4, 0.5) is 24.7 Å². The topological polar surface area (TPSA) is 107 Å². The maximum Gasteiger partial charge on any atom is 0.416 e. The van der Waals surface area contributed by atoms with Crippen LogP contribution in [0, 0.1) is 0 Å². The lowest BCUT2D eigenvalue weighted by Gasteiger charge is -2.13. The van der Waals surface area contributed by atoms with Crippen LogP contribution in [-0.2, 0) is 15.7 Å². The first-order valence-corrected chi connectivity index (χ1v) is 8.94. The molecule has 2 rings (SSSR count). The van der Waals surface area contributed by atoms with E-state index in [0.29, 0.717) is 0 Å². The molecule has 0 fully saturated rings. The van der Waals surface area contributed by atoms with Gasteiger partial charge < -0.3 is 15.8 Å². The van der Waals surface area contributed by atoms with Crippen molar-refractivity contribution in [2.24, 2.45) is 0 Å². The molecule has 1 aromatic heterocycles. The van der Waals surface area contributed by atoms with Crippen molar-refractivity contribution in [1.29, 1.82) is 0 Å². The van der Waals surface area contributed by atoms with E-state index in [1.165, 1.54) is 18.3 Å². The molecule has 1 atom stereocenters. The summed E-state index contributed by atoms with van der Waals surface area (Å²) in [6.07, 6.45) is -3.23. The highest BCUT2D eigenvalue weighted by Gasteiger charge is 2.30. The zero-order chi connectivity index (χ0) is 20.9. The van der Waals surface area contributed by atoms with Crippen molar-refractivity contribution in [2.45, 2.75) is 30.4 Å². The van der Waals surface area contributed by atoms with Crippen LogP contribution in [0.3, 0.4) is 0 Å². The minimum absolute atomic E-state index is 0.0214. The van der Waals surface area contributed by atoms with Crippen molar-refractivity contribution in [3.63, 3.8) is 0 Å². The van der Waals surface area contributed by atoms with Gasteiger partial charge >= 0.3 is 12.1 Å². The number of carbonyl (C=O) groups excluding carboxylic acids is 2. The summed E-state index contributed by atoms with van der Waals surface area (Å²) in [4.78, 5) is 31.8. The number of halogens is 3. The van der Waals surface area contributed by atoms with Gasteiger partial charge in [-0.1, -0.05) is 11.8 Å². The Kier molecular flexibility index (Phi) is 6.84. The van der Waals surface area contributed by atoms with Crippen LogP contribution in [0.15, 0.2) is 35.6 Å². The van der Waals surface area contributed by atoms with E-state index in [2.05, 4.69) is 15.3 Å². The van der Waals surface area contributed by atoms with Gasteiger partial charge in [0.05, 0.1) is 17.4 Å². The largest absolute Gasteiger partial charge is 0.462 e. The van der Waals surface area contributed by atoms with Gasteiger partial charge in [-0.3, -0.25) is 4.79 Å². The third-order valence-electron chi connectivity index (χ3n) is 3.42. The van der Waals surface area contributed by atoms with Crippen LogP contribution in [0.25, 0.3) is 0 Å². The van der Waals surface area contributed by atoms with Gasteiger partial charge in [0.1, 0.15) is 11.4 Å². The van der Waals surface area contributed by atoms with Gasteiger partial charge in [-0.2, -0.15) is 13.2 Å². The molecule has 28 heavy (non-hydrogen) atoms. The van der Waals surface area contributed by atoms with Crippen molar-refractivity contribution < 1.29 is 27.5 Å². The Morgan fingerprint density at radius 1 is 1.29 bits per heavy atom. The third-order valence-corrected chi connectivity index (χ3v) is 4.40. The lowest BCUT2D eigenvalue weighted by Crippen LogP contribution is -2.23. The first-order valence-electron chi connectivity index (χ1n) is 8.06. The predicted octanol–water partition coefficient (Wildman–Crippen LogP) is 3.37. The average Bonchev–Trinajstić information content (AvgIpc) is 2.61. The molecule has 0 saturated carbocycles. The summed E-state index contributed by atoms with van der Waals surface area (Å²) in [6, 6.07) is 4.10. The maximum absolute atomic E-state index is 12.6. The number of amides is 1. The molecule has 0 saturated heterocycles. The number of nitrogens with one attached hydrogen (secondary N) is 1. The lowest BCUT2D eigenvalue weighted by molar-refractivity contribution is -0.137. The van der Waals surface area contributed by atoms with E-state index in [-0.39, 0.29) is 28.8 Å². The summed E-state index contributed by atoms with van der Waals surface area (Å²) in [6.45, 7) is 3.40. The number of hydrogen-bond donors (Lipinski definition) is 2. The number of esters is 1. The molecular formula is C17H17F3N4O3S. The number of carbonyl (C=O) groups is 2. The van der Waals surface area contributed by atoms with E-state index >= 15 is 0 Å². The second-order valence-corrected chi connectivity index (χ2v) is 6.80. The van der Waals surface area contributed by atoms with Crippen LogP contribution in [0.5, 0.6) is 0 Å². The molecule has 7 nitrogen and oxygen atoms in total. The Balaban J connectivity index is 2.00. The Labute approximate surface area is 162 Å². The second kappa shape index (κ2) is 8.91. The normalized spacial score (nSPS) is 12.3. The zero-order valence-corrected chi connectivity index (χ0v) is 15.7. The van der Waals surface area contributed by atoms with Crippen molar-refractivity contribution >= 4 is 35.1 Å². The van der Waals surface area contributed by atoms with Gasteiger partial charge in [0.2, 0.25) is 5.91 Å². The smallest absolute Gasteiger partial charge is 0.416 e. The Morgan fingerprint density at radius 2 is 1.93 bits per heavy atom. The molecule has 1 heterocycles. The van der Waals surface area contributed by atoms with Crippen LogP contribution in [0.1, 0.15) is 29.8 Å². The molecule has 1 aromatic carbocycles. The van der Waals surface area contributed by atoms with Crippen LogP contribution in [-0.4, -0.2) is 33.7 Å². The SMILES string of the molecule is CCOC(=O)c1cnc(S[C@@H](C)C(=O)Nc2ccc(C(F)(F)F)cc2)nc1N. The van der Waals surface area contributed by atoms with Gasteiger partial charge in [0, 0.05) is 11.9 Å². The molecule has 0 spiro atoms. The molecule has 11 heteroatoms. The summed E-state index contributed by atoms with van der Waals surface area (Å²) in [5.74, 6) is -1.18. The number of aromatic nitrogens is 2. The van der Waals surface area contributed by atoms with E-state index in [1.54, 1.807) is 13.8 Å². The van der Waals surface area contributed by atoms with E-state index in [1.807, 2.05) is 0 Å². The molecule has 0 radical (unpaired) electrons. The second-order valence-electron chi connectivity index (χ2n) is 5.50. The number of rotatable bonds is 6. The summed E-state index contributed by atoms with van der Waals surface area (Å²) in [5.41, 5.74) is 5.16. The maximum atomic E-state index is 12.6. The number of thioether (sulfide) groups is 1. The third kappa shape index (κ3) is 5.59. The minimum atomic E-state index is -4.45. The summed E-state index contributed by atoms with van der Waals surface area (Å²) >= 11 is 0.980. The molecule has 0 aliphatic rings. The Morgan fingerprint density at radius 3 is 2.46 bits per heavy atom. The fourth-order valence-corrected chi connectivity index (χ4v) is 2.75. The molecular weight excluding hydrogens is 397 g/mol. The van der Waals surface area contributed by atoms with Crippen LogP contribution >= 0.6 is 11.8 Å². The highest BCUT2D eigenvalue weighted by atomic mass is 32.2. The number of anilines is 2. The van der Waals surface area contributed by atoms with Gasteiger partial charge in [0.15, 0.2) is 5.16 Å². The summed E-state index contributed by atoms with van der Waals surface area (Å²) in [5, 5.41) is 2.01. The minimum Gasteiger partial charge on any atom is -0.462 e. The summed E-state index contributed by atoms with van der Waals surface area (Å²) < 4.78 is 42.5. The average molecular weight is 414 g/mol. The van der Waals surface area contributed by atoms with Crippen molar-refractivity contribution in [3.8, 4) is 0 Å². The molecule has 0 bridgehead atoms. The predicted molar refractivity (Wildman–Crippen MR) is 97.8 cm³/mol. The van der Waals surface area contributed by atoms with E-state index in [4.69, 9.17) is 10.5 Å². The van der Waals surface area contributed by atoms with Crippen molar-refractivity contribution in [3.05, 3.63) is 41.6 Å². The van der Waals surface area contributed by atoms with Gasteiger partial charge in [-0.05, 0) is 38.1 Å². The number of nitrogen functional groups attached to an aromatic ring is 1. The van der Waals surface area contributed by atoms with E-state index < -0.39 is 28.9 Å². The molecule has 0 unspecified atom stereocenters. The van der Waals surface area contributed by atoms with Gasteiger partial charge in [-0.25, -0.2) is 14.8 Å². The quantitative estimate of drug-likeness (QED) is 0.424. The van der Waals surface area contributed by atoms with Gasteiger partial charge in [-0.15, -0.1) is 0 Å². The number of hydrogen-bond acceptors (Lipinski definition) is 7. The van der Waals surface area contributed by atoms with Crippen molar-refractivity contribution in [2.75, 3.05) is 17.7 Å². The molecule has 2 aromatic rings. The monoisotopic (exact) mass is 414 g/mol. The number of benzene rings is 1. The zero-order valence-electron chi connectivity index (χ0n) is 14.9. The first kappa shape index (κ1) is 21.5. The van der Waals surface area contributed by atoms with Crippen LogP contribution in [0.2, 0.25) is 0 Å². The molecule has 1 amide bonds. The van der Waals surface area contributed by atoms with E-state index in [0.717, 1.165) is 23.9 Å². The standard InChI is InChI=1S/C17H17F3N4O3S/c1-3-27-15(26)12-8-22-16(24-13(12)21)28-9(2)14(25)23-11-6-4-10(5-7-11)17(18,19)20/h4-9H,3H2,1-2H3,(H,23,25)(H2,21,22,24)/t9-/m0/s1. The van der Waals surface area contributed by atoms with E-state index in [9.17, 15) is 22.8 Å². The number of ether oxygens (including phenoxy) is 1. The number of nitrogens with two attached hydrogens (primary N) is 1. The van der Waals surface area contributed by atoms with Crippen molar-refractivity contribution in [1.82, 2.24) is 9.97 Å². The fourth-order valence-electron chi connectivity index (χ4n) is 2.00. The number of alkyl halides is 3. The molecule has 3 N–H and O–H groups in total.